The number of benzene rings is 2. The highest BCUT2D eigenvalue weighted by Crippen LogP contribution is 2.39. The topological polar surface area (TPSA) is 54.7 Å². The molecule has 0 radical (unpaired) electrons. The average Bonchev–Trinajstić information content (AvgIpc) is 3.09. The summed E-state index contributed by atoms with van der Waals surface area (Å²) in [5.41, 5.74) is 5.86. The Hall–Kier alpha value is -2.86. The van der Waals surface area contributed by atoms with Gasteiger partial charge in [-0.3, -0.25) is 0 Å². The smallest absolute Gasteiger partial charge is 0.203 e. The van der Waals surface area contributed by atoms with Crippen molar-refractivity contribution in [2.45, 2.75) is 50.3 Å². The third kappa shape index (κ3) is 3.59. The zero-order valence-electron chi connectivity index (χ0n) is 18.0. The van der Waals surface area contributed by atoms with E-state index in [1.165, 1.54) is 35.9 Å². The van der Waals surface area contributed by atoms with Gasteiger partial charge in [0.25, 0.3) is 0 Å². The van der Waals surface area contributed by atoms with E-state index in [0.29, 0.717) is 4.90 Å². The molecular formula is C25H27N3O2S. The fourth-order valence-corrected chi connectivity index (χ4v) is 5.79. The Morgan fingerprint density at radius 3 is 2.58 bits per heavy atom. The van der Waals surface area contributed by atoms with Crippen molar-refractivity contribution in [3.8, 4) is 0 Å². The van der Waals surface area contributed by atoms with Gasteiger partial charge in [-0.05, 0) is 61.9 Å². The number of allylic oxidation sites excluding steroid dienone is 2. The molecule has 1 aliphatic carbocycles. The maximum Gasteiger partial charge on any atom is 0.203 e. The molecule has 0 saturated carbocycles. The van der Waals surface area contributed by atoms with Crippen LogP contribution < -0.4 is 0 Å². The number of nitrogens with zero attached hydrogens (tertiary/aromatic N) is 3. The van der Waals surface area contributed by atoms with Crippen LogP contribution in [0.5, 0.6) is 0 Å². The quantitative estimate of drug-likeness (QED) is 0.567. The number of aliphatic imine (C=N–C) groups is 1. The number of rotatable bonds is 4. The van der Waals surface area contributed by atoms with E-state index in [0.717, 1.165) is 36.0 Å². The molecule has 31 heavy (non-hydrogen) atoms. The Morgan fingerprint density at radius 1 is 1.03 bits per heavy atom. The summed E-state index contributed by atoms with van der Waals surface area (Å²) in [7, 11) is -3.32. The van der Waals surface area contributed by atoms with Gasteiger partial charge in [0.2, 0.25) is 6.29 Å². The molecule has 6 heteroatoms. The van der Waals surface area contributed by atoms with Crippen LogP contribution in [0.1, 0.15) is 43.2 Å². The summed E-state index contributed by atoms with van der Waals surface area (Å²) in [6.45, 7) is 2.81. The number of hydrogen-bond donors (Lipinski definition) is 0. The molecule has 2 aliphatic rings. The lowest BCUT2D eigenvalue weighted by molar-refractivity contribution is 0.172. The molecule has 3 aromatic rings. The largest absolute Gasteiger partial charge is 0.332 e. The summed E-state index contributed by atoms with van der Waals surface area (Å²) >= 11 is 0. The minimum atomic E-state index is -3.32. The summed E-state index contributed by atoms with van der Waals surface area (Å²) in [6, 6.07) is 18.0. The van der Waals surface area contributed by atoms with Crippen LogP contribution in [0.15, 0.2) is 75.8 Å². The molecule has 1 atom stereocenters. The highest BCUT2D eigenvalue weighted by molar-refractivity contribution is 7.91. The molecule has 1 aliphatic heterocycles. The zero-order valence-corrected chi connectivity index (χ0v) is 18.8. The van der Waals surface area contributed by atoms with E-state index >= 15 is 0 Å². The van der Waals surface area contributed by atoms with Crippen molar-refractivity contribution < 1.29 is 8.42 Å². The van der Waals surface area contributed by atoms with Crippen molar-refractivity contribution in [3.63, 3.8) is 0 Å². The fraction of sp³-hybridized carbons (Fsp3) is 0.320. The van der Waals surface area contributed by atoms with Gasteiger partial charge in [-0.15, -0.1) is 0 Å². The highest BCUT2D eigenvalue weighted by atomic mass is 32.2. The SMILES string of the molecule is Cc1cc2c(S(C)(=O)=O)cccc2n1C1N=CC2=C(CCCC2)N1Cc1ccccc1. The Kier molecular flexibility index (Phi) is 4.97. The molecule has 0 saturated heterocycles. The minimum absolute atomic E-state index is 0.232. The van der Waals surface area contributed by atoms with Crippen LogP contribution in [0.3, 0.4) is 0 Å². The summed E-state index contributed by atoms with van der Waals surface area (Å²) in [4.78, 5) is 7.77. The third-order valence-corrected chi connectivity index (χ3v) is 7.49. The Morgan fingerprint density at radius 2 is 1.81 bits per heavy atom. The van der Waals surface area contributed by atoms with Gasteiger partial charge in [0.05, 0.1) is 10.4 Å². The van der Waals surface area contributed by atoms with Gasteiger partial charge in [-0.2, -0.15) is 0 Å². The van der Waals surface area contributed by atoms with E-state index in [9.17, 15) is 8.42 Å². The molecule has 0 amide bonds. The molecule has 0 bridgehead atoms. The van der Waals surface area contributed by atoms with Crippen molar-refractivity contribution in [1.29, 1.82) is 0 Å². The van der Waals surface area contributed by atoms with Crippen molar-refractivity contribution in [3.05, 3.63) is 77.1 Å². The van der Waals surface area contributed by atoms with E-state index in [1.807, 2.05) is 37.4 Å². The Balaban J connectivity index is 1.66. The van der Waals surface area contributed by atoms with E-state index in [-0.39, 0.29) is 6.29 Å². The maximum absolute atomic E-state index is 12.4. The van der Waals surface area contributed by atoms with Gasteiger partial charge in [0, 0.05) is 35.8 Å². The average molecular weight is 434 g/mol. The van der Waals surface area contributed by atoms with Gasteiger partial charge in [-0.1, -0.05) is 36.4 Å². The minimum Gasteiger partial charge on any atom is -0.332 e. The van der Waals surface area contributed by atoms with Crippen LogP contribution in [-0.2, 0) is 16.4 Å². The summed E-state index contributed by atoms with van der Waals surface area (Å²) in [6.07, 6.45) is 7.61. The van der Waals surface area contributed by atoms with Gasteiger partial charge >= 0.3 is 0 Å². The molecule has 0 fully saturated rings. The second kappa shape index (κ2) is 7.68. The molecule has 2 heterocycles. The van der Waals surface area contributed by atoms with E-state index in [2.05, 4.69) is 33.7 Å². The first-order valence-corrected chi connectivity index (χ1v) is 12.7. The van der Waals surface area contributed by atoms with Crippen LogP contribution >= 0.6 is 0 Å². The van der Waals surface area contributed by atoms with Gasteiger partial charge in [0.1, 0.15) is 0 Å². The van der Waals surface area contributed by atoms with E-state index < -0.39 is 9.84 Å². The fourth-order valence-electron chi connectivity index (χ4n) is 4.91. The van der Waals surface area contributed by atoms with Crippen LogP contribution in [-0.4, -0.2) is 30.4 Å². The van der Waals surface area contributed by atoms with Gasteiger partial charge < -0.3 is 9.47 Å². The lowest BCUT2D eigenvalue weighted by atomic mass is 9.94. The molecule has 1 unspecified atom stereocenters. The summed E-state index contributed by atoms with van der Waals surface area (Å²) < 4.78 is 26.9. The second-order valence-electron chi connectivity index (χ2n) is 8.53. The first-order valence-electron chi connectivity index (χ1n) is 10.8. The number of aryl methyl sites for hydroxylation is 1. The molecule has 2 aromatic carbocycles. The molecule has 5 nitrogen and oxygen atoms in total. The lowest BCUT2D eigenvalue weighted by Gasteiger charge is -2.40. The standard InChI is InChI=1S/C25H27N3O2S/c1-18-15-21-23(13-8-14-24(21)31(2,29)30)28(18)25-26-16-20-11-6-7-12-22(20)27(25)17-19-9-4-3-5-10-19/h3-5,8-10,13-16,25H,6-7,11-12,17H2,1-2H3. The van der Waals surface area contributed by atoms with Crippen molar-refractivity contribution in [1.82, 2.24) is 9.47 Å². The number of sulfone groups is 1. The van der Waals surface area contributed by atoms with Crippen LogP contribution in [0.2, 0.25) is 0 Å². The third-order valence-electron chi connectivity index (χ3n) is 6.33. The summed E-state index contributed by atoms with van der Waals surface area (Å²) in [5.74, 6) is 0. The number of fused-ring (bicyclic) bond motifs is 1. The maximum atomic E-state index is 12.4. The number of hydrogen-bond acceptors (Lipinski definition) is 4. The van der Waals surface area contributed by atoms with E-state index in [1.54, 1.807) is 6.07 Å². The molecule has 1 aromatic heterocycles. The van der Waals surface area contributed by atoms with Crippen molar-refractivity contribution in [2.75, 3.05) is 6.26 Å². The van der Waals surface area contributed by atoms with Crippen molar-refractivity contribution >= 4 is 27.0 Å². The molecule has 0 spiro atoms. The predicted molar refractivity (Wildman–Crippen MR) is 125 cm³/mol. The lowest BCUT2D eigenvalue weighted by Crippen LogP contribution is -2.35. The molecular weight excluding hydrogens is 406 g/mol. The van der Waals surface area contributed by atoms with Gasteiger partial charge in [0.15, 0.2) is 9.84 Å². The zero-order chi connectivity index (χ0) is 21.6. The molecule has 5 rings (SSSR count). The monoisotopic (exact) mass is 433 g/mol. The Labute approximate surface area is 183 Å². The van der Waals surface area contributed by atoms with Crippen LogP contribution in [0.4, 0.5) is 0 Å². The summed E-state index contributed by atoms with van der Waals surface area (Å²) in [5, 5.41) is 0.765. The molecule has 0 N–H and O–H groups in total. The Bertz CT molecular complexity index is 1300. The van der Waals surface area contributed by atoms with Crippen LogP contribution in [0.25, 0.3) is 10.9 Å². The second-order valence-corrected chi connectivity index (χ2v) is 10.5. The van der Waals surface area contributed by atoms with Crippen molar-refractivity contribution in [2.24, 2.45) is 4.99 Å². The molecule has 160 valence electrons. The van der Waals surface area contributed by atoms with E-state index in [4.69, 9.17) is 4.99 Å². The van der Waals surface area contributed by atoms with Crippen LogP contribution in [0, 0.1) is 6.92 Å². The predicted octanol–water partition coefficient (Wildman–Crippen LogP) is 5.22. The first-order chi connectivity index (χ1) is 14.9. The highest BCUT2D eigenvalue weighted by Gasteiger charge is 2.30. The first kappa shape index (κ1) is 20.1. The normalized spacial score (nSPS) is 19.2. The van der Waals surface area contributed by atoms with Gasteiger partial charge in [-0.25, -0.2) is 13.4 Å². The number of aromatic nitrogens is 1.